The third kappa shape index (κ3) is 7.28. The predicted molar refractivity (Wildman–Crippen MR) is 150 cm³/mol. The molecular formula is C29H32ClN3O6. The number of rotatable bonds is 7. The molecule has 2 atom stereocenters. The van der Waals surface area contributed by atoms with E-state index in [0.717, 1.165) is 18.7 Å². The highest BCUT2D eigenvalue weighted by atomic mass is 35.5. The van der Waals surface area contributed by atoms with Gasteiger partial charge in [0.15, 0.2) is 5.78 Å². The minimum absolute atomic E-state index is 0. The van der Waals surface area contributed by atoms with Crippen LogP contribution >= 0.6 is 12.4 Å². The van der Waals surface area contributed by atoms with Crippen molar-refractivity contribution in [1.29, 1.82) is 0 Å². The number of nitrogens with zero attached hydrogens (tertiary/aromatic N) is 1. The van der Waals surface area contributed by atoms with Crippen molar-refractivity contribution in [3.05, 3.63) is 89.0 Å². The van der Waals surface area contributed by atoms with E-state index in [2.05, 4.69) is 10.6 Å². The van der Waals surface area contributed by atoms with Crippen LogP contribution < -0.4 is 15.5 Å². The normalized spacial score (nSPS) is 16.8. The quantitative estimate of drug-likeness (QED) is 0.258. The monoisotopic (exact) mass is 553 g/mol. The lowest BCUT2D eigenvalue weighted by atomic mass is 10.0. The van der Waals surface area contributed by atoms with E-state index in [1.165, 1.54) is 54.6 Å². The Bertz CT molecular complexity index is 1310. The topological polar surface area (TPSA) is 128 Å². The van der Waals surface area contributed by atoms with E-state index in [9.17, 15) is 24.6 Å². The summed E-state index contributed by atoms with van der Waals surface area (Å²) in [5.74, 6) is -1.30. The maximum Gasteiger partial charge on any atom is 0.338 e. The van der Waals surface area contributed by atoms with Crippen LogP contribution in [0.5, 0.6) is 11.5 Å². The summed E-state index contributed by atoms with van der Waals surface area (Å²) >= 11 is 0. The molecular weight excluding hydrogens is 522 g/mol. The van der Waals surface area contributed by atoms with E-state index in [-0.39, 0.29) is 46.7 Å². The van der Waals surface area contributed by atoms with Gasteiger partial charge in [-0.2, -0.15) is 0 Å². The average Bonchev–Trinajstić information content (AvgIpc) is 3.13. The van der Waals surface area contributed by atoms with E-state index < -0.39 is 18.1 Å². The molecule has 1 aliphatic rings. The Balaban J connectivity index is 0.00000420. The smallest absolute Gasteiger partial charge is 0.338 e. The van der Waals surface area contributed by atoms with Gasteiger partial charge >= 0.3 is 5.97 Å². The number of ether oxygens (including phenoxy) is 1. The van der Waals surface area contributed by atoms with Crippen molar-refractivity contribution in [2.24, 2.45) is 0 Å². The summed E-state index contributed by atoms with van der Waals surface area (Å²) in [7, 11) is 3.68. The fourth-order valence-electron chi connectivity index (χ4n) is 4.27. The van der Waals surface area contributed by atoms with Crippen molar-refractivity contribution in [3.8, 4) is 11.5 Å². The molecule has 0 aliphatic carbocycles. The van der Waals surface area contributed by atoms with Crippen LogP contribution in [0.2, 0.25) is 0 Å². The molecule has 0 spiro atoms. The average molecular weight is 554 g/mol. The number of ketones is 1. The van der Waals surface area contributed by atoms with Crippen molar-refractivity contribution >= 4 is 35.8 Å². The van der Waals surface area contributed by atoms with Crippen LogP contribution in [0.4, 0.5) is 5.69 Å². The molecule has 3 aromatic rings. The van der Waals surface area contributed by atoms with Gasteiger partial charge in [0.05, 0.1) is 17.2 Å². The second-order valence-corrected chi connectivity index (χ2v) is 9.42. The van der Waals surface area contributed by atoms with Gasteiger partial charge in [0.2, 0.25) is 0 Å². The third-order valence-corrected chi connectivity index (χ3v) is 6.48. The van der Waals surface area contributed by atoms with Crippen LogP contribution in [0, 0.1) is 0 Å². The molecule has 1 amide bonds. The fourth-order valence-corrected chi connectivity index (χ4v) is 4.27. The maximum absolute atomic E-state index is 13.0. The number of hydrogen-bond donors (Lipinski definition) is 4. The molecule has 1 fully saturated rings. The number of benzene rings is 3. The van der Waals surface area contributed by atoms with E-state index in [1.807, 2.05) is 19.0 Å². The van der Waals surface area contributed by atoms with Crippen LogP contribution in [-0.2, 0) is 4.74 Å². The number of aromatic hydroxyl groups is 2. The summed E-state index contributed by atoms with van der Waals surface area (Å²) in [5, 5.41) is 25.9. The molecule has 206 valence electrons. The highest BCUT2D eigenvalue weighted by molar-refractivity contribution is 6.11. The van der Waals surface area contributed by atoms with Crippen molar-refractivity contribution in [2.75, 3.05) is 32.1 Å². The molecule has 1 saturated heterocycles. The van der Waals surface area contributed by atoms with Gasteiger partial charge in [-0.3, -0.25) is 9.59 Å². The van der Waals surface area contributed by atoms with Crippen molar-refractivity contribution < 1.29 is 29.3 Å². The van der Waals surface area contributed by atoms with Crippen LogP contribution in [0.1, 0.15) is 49.5 Å². The largest absolute Gasteiger partial charge is 0.508 e. The molecule has 1 heterocycles. The number of carbonyl (C=O) groups is 3. The van der Waals surface area contributed by atoms with Crippen LogP contribution in [0.25, 0.3) is 0 Å². The molecule has 0 radical (unpaired) electrons. The Kier molecular flexibility index (Phi) is 9.92. The minimum Gasteiger partial charge on any atom is -0.508 e. The van der Waals surface area contributed by atoms with Gasteiger partial charge < -0.3 is 30.5 Å². The van der Waals surface area contributed by atoms with Crippen molar-refractivity contribution in [1.82, 2.24) is 10.6 Å². The summed E-state index contributed by atoms with van der Waals surface area (Å²) in [5.41, 5.74) is 1.93. The van der Waals surface area contributed by atoms with E-state index in [1.54, 1.807) is 12.1 Å². The summed E-state index contributed by atoms with van der Waals surface area (Å²) in [6.45, 7) is 1.17. The Morgan fingerprint density at radius 3 is 2.23 bits per heavy atom. The predicted octanol–water partition coefficient (Wildman–Crippen LogP) is 3.52. The van der Waals surface area contributed by atoms with Gasteiger partial charge in [-0.1, -0.05) is 12.1 Å². The first-order valence-electron chi connectivity index (χ1n) is 12.4. The summed E-state index contributed by atoms with van der Waals surface area (Å²) in [6, 6.07) is 16.4. The SMILES string of the molecule is CN(C)c1ccc(O)c(C(=O)c2ccc(C(=O)O[C@@H]3CCCNC[C@H]3NC(=O)c3ccc(O)cc3)cc2)c1.Cl. The Morgan fingerprint density at radius 1 is 0.923 bits per heavy atom. The number of anilines is 1. The second-order valence-electron chi connectivity index (χ2n) is 9.42. The minimum atomic E-state index is -0.558. The number of esters is 1. The number of hydrogen-bond acceptors (Lipinski definition) is 8. The Hall–Kier alpha value is -4.08. The Labute approximate surface area is 233 Å². The number of phenolic OH excluding ortho intramolecular Hbond substituents is 2. The maximum atomic E-state index is 13.0. The van der Waals surface area contributed by atoms with Gasteiger partial charge in [-0.25, -0.2) is 4.79 Å². The Morgan fingerprint density at radius 2 is 1.56 bits per heavy atom. The van der Waals surface area contributed by atoms with Gasteiger partial charge in [0, 0.05) is 37.5 Å². The van der Waals surface area contributed by atoms with Crippen LogP contribution in [-0.4, -0.2) is 67.2 Å². The summed E-state index contributed by atoms with van der Waals surface area (Å²) in [6.07, 6.45) is 0.787. The van der Waals surface area contributed by atoms with Gasteiger partial charge in [-0.15, -0.1) is 12.4 Å². The molecule has 0 bridgehead atoms. The van der Waals surface area contributed by atoms with Gasteiger partial charge in [0.25, 0.3) is 5.91 Å². The molecule has 9 nitrogen and oxygen atoms in total. The van der Waals surface area contributed by atoms with E-state index in [0.29, 0.717) is 24.1 Å². The number of halogens is 1. The van der Waals surface area contributed by atoms with Gasteiger partial charge in [-0.05, 0) is 74.0 Å². The van der Waals surface area contributed by atoms with E-state index >= 15 is 0 Å². The van der Waals surface area contributed by atoms with E-state index in [4.69, 9.17) is 4.74 Å². The molecule has 4 rings (SSSR count). The first-order chi connectivity index (χ1) is 18.2. The van der Waals surface area contributed by atoms with Crippen molar-refractivity contribution in [2.45, 2.75) is 25.0 Å². The number of phenols is 2. The fraction of sp³-hybridized carbons (Fsp3) is 0.276. The van der Waals surface area contributed by atoms with Gasteiger partial charge in [0.1, 0.15) is 17.6 Å². The number of carbonyl (C=O) groups excluding carboxylic acids is 3. The molecule has 39 heavy (non-hydrogen) atoms. The molecule has 0 aromatic heterocycles. The lowest BCUT2D eigenvalue weighted by molar-refractivity contribution is 0.0192. The molecule has 1 aliphatic heterocycles. The molecule has 0 saturated carbocycles. The first kappa shape index (κ1) is 29.5. The molecule has 0 unspecified atom stereocenters. The standard InChI is InChI=1S/C29H31N3O6.ClH/c1-32(2)21-11-14-25(34)23(16-21)27(35)18-5-7-20(8-6-18)29(37)38-26-4-3-15-30-17-24(26)31-28(36)19-9-12-22(33)13-10-19;/h5-14,16,24,26,30,33-34H,3-4,15,17H2,1-2H3,(H,31,36);1H/t24-,26-;/m1./s1. The molecule has 10 heteroatoms. The van der Waals surface area contributed by atoms with Crippen LogP contribution in [0.3, 0.4) is 0 Å². The lowest BCUT2D eigenvalue weighted by Crippen LogP contribution is -2.49. The lowest BCUT2D eigenvalue weighted by Gasteiger charge is -2.26. The zero-order valence-electron chi connectivity index (χ0n) is 21.7. The number of amides is 1. The number of nitrogens with one attached hydrogen (secondary N) is 2. The summed E-state index contributed by atoms with van der Waals surface area (Å²) < 4.78 is 5.81. The third-order valence-electron chi connectivity index (χ3n) is 6.48. The zero-order chi connectivity index (χ0) is 27.2. The first-order valence-corrected chi connectivity index (χ1v) is 12.4. The second kappa shape index (κ2) is 13.1. The highest BCUT2D eigenvalue weighted by Crippen LogP contribution is 2.26. The zero-order valence-corrected chi connectivity index (χ0v) is 22.5. The van der Waals surface area contributed by atoms with Crippen LogP contribution in [0.15, 0.2) is 66.7 Å². The summed E-state index contributed by atoms with van der Waals surface area (Å²) in [4.78, 5) is 40.5. The molecule has 4 N–H and O–H groups in total. The van der Waals surface area contributed by atoms with Crippen molar-refractivity contribution in [3.63, 3.8) is 0 Å². The molecule has 3 aromatic carbocycles. The highest BCUT2D eigenvalue weighted by Gasteiger charge is 2.29.